The molecule has 0 saturated heterocycles. The third kappa shape index (κ3) is 6.90. The highest BCUT2D eigenvalue weighted by Crippen LogP contribution is 2.11. The number of carbonyl (C=O) groups is 1. The number of anilines is 1. The Morgan fingerprint density at radius 3 is 2.56 bits per heavy atom. The predicted molar refractivity (Wildman–Crippen MR) is 96.0 cm³/mol. The second-order valence-corrected chi connectivity index (χ2v) is 7.36. The number of hydrogen-bond donors (Lipinski definition) is 1. The molecule has 0 spiro atoms. The van der Waals surface area contributed by atoms with Crippen LogP contribution < -0.4 is 9.50 Å². The lowest BCUT2D eigenvalue weighted by Crippen LogP contribution is -2.34. The van der Waals surface area contributed by atoms with Gasteiger partial charge in [-0.05, 0) is 37.7 Å². The SMILES string of the molecule is Cc1ccc(NC(=O)CN(C)CCS(=O)(=O)Oc2ccccc2)nc1. The number of carbonyl (C=O) groups excluding carboxylic acids is 1. The Morgan fingerprint density at radius 2 is 1.92 bits per heavy atom. The van der Waals surface area contributed by atoms with Crippen LogP contribution >= 0.6 is 0 Å². The Labute approximate surface area is 147 Å². The van der Waals surface area contributed by atoms with Gasteiger partial charge in [0.25, 0.3) is 0 Å². The summed E-state index contributed by atoms with van der Waals surface area (Å²) in [5.74, 6) is 0.256. The Kier molecular flexibility index (Phi) is 6.49. The second kappa shape index (κ2) is 8.59. The van der Waals surface area contributed by atoms with Crippen molar-refractivity contribution in [2.24, 2.45) is 0 Å². The molecule has 1 aromatic carbocycles. The van der Waals surface area contributed by atoms with Gasteiger partial charge in [0, 0.05) is 12.7 Å². The zero-order valence-electron chi connectivity index (χ0n) is 14.2. The summed E-state index contributed by atoms with van der Waals surface area (Å²) in [6, 6.07) is 11.9. The van der Waals surface area contributed by atoms with E-state index in [-0.39, 0.29) is 30.5 Å². The molecule has 1 heterocycles. The van der Waals surface area contributed by atoms with Gasteiger partial charge in [0.05, 0.1) is 12.3 Å². The maximum atomic E-state index is 12.0. The van der Waals surface area contributed by atoms with Gasteiger partial charge >= 0.3 is 10.1 Å². The summed E-state index contributed by atoms with van der Waals surface area (Å²) in [6.45, 7) is 2.13. The molecule has 1 aromatic heterocycles. The smallest absolute Gasteiger partial charge is 0.310 e. The minimum Gasteiger partial charge on any atom is -0.382 e. The largest absolute Gasteiger partial charge is 0.382 e. The number of aromatic nitrogens is 1. The van der Waals surface area contributed by atoms with E-state index in [1.807, 2.05) is 13.0 Å². The first-order valence-electron chi connectivity index (χ1n) is 7.72. The molecule has 0 bridgehead atoms. The summed E-state index contributed by atoms with van der Waals surface area (Å²) in [5.41, 5.74) is 0.999. The Bertz CT molecular complexity index is 792. The van der Waals surface area contributed by atoms with Crippen molar-refractivity contribution in [1.29, 1.82) is 0 Å². The minimum atomic E-state index is -3.71. The Morgan fingerprint density at radius 1 is 1.20 bits per heavy atom. The molecule has 1 amide bonds. The van der Waals surface area contributed by atoms with Crippen molar-refractivity contribution in [2.45, 2.75) is 6.92 Å². The fourth-order valence-electron chi connectivity index (χ4n) is 1.98. The van der Waals surface area contributed by atoms with Gasteiger partial charge in [-0.1, -0.05) is 24.3 Å². The number of nitrogens with one attached hydrogen (secondary N) is 1. The third-order valence-electron chi connectivity index (χ3n) is 3.28. The maximum Gasteiger partial charge on any atom is 0.310 e. The average molecular weight is 363 g/mol. The summed E-state index contributed by atoms with van der Waals surface area (Å²) in [5, 5.41) is 2.66. The lowest BCUT2D eigenvalue weighted by molar-refractivity contribution is -0.117. The van der Waals surface area contributed by atoms with E-state index in [0.717, 1.165) is 5.56 Å². The van der Waals surface area contributed by atoms with Gasteiger partial charge in [-0.25, -0.2) is 4.98 Å². The lowest BCUT2D eigenvalue weighted by atomic mass is 10.3. The van der Waals surface area contributed by atoms with Gasteiger partial charge < -0.3 is 9.50 Å². The topological polar surface area (TPSA) is 88.6 Å². The summed E-state index contributed by atoms with van der Waals surface area (Å²) < 4.78 is 28.9. The standard InChI is InChI=1S/C17H21N3O4S/c1-14-8-9-16(18-12-14)19-17(21)13-20(2)10-11-25(22,23)24-15-6-4-3-5-7-15/h3-9,12H,10-11,13H2,1-2H3,(H,18,19,21). The first-order valence-corrected chi connectivity index (χ1v) is 9.30. The number of benzene rings is 1. The molecule has 0 aliphatic rings. The van der Waals surface area contributed by atoms with E-state index in [4.69, 9.17) is 4.18 Å². The zero-order valence-corrected chi connectivity index (χ0v) is 15.0. The monoisotopic (exact) mass is 363 g/mol. The molecule has 0 aliphatic carbocycles. The zero-order chi connectivity index (χ0) is 18.3. The number of hydrogen-bond acceptors (Lipinski definition) is 6. The molecule has 7 nitrogen and oxygen atoms in total. The van der Waals surface area contributed by atoms with Crippen LogP contribution in [-0.4, -0.2) is 50.1 Å². The van der Waals surface area contributed by atoms with Crippen LogP contribution in [0.15, 0.2) is 48.7 Å². The van der Waals surface area contributed by atoms with Crippen molar-refractivity contribution in [1.82, 2.24) is 9.88 Å². The second-order valence-electron chi connectivity index (χ2n) is 5.66. The van der Waals surface area contributed by atoms with Crippen molar-refractivity contribution >= 4 is 21.8 Å². The third-order valence-corrected chi connectivity index (χ3v) is 4.41. The fourth-order valence-corrected chi connectivity index (χ4v) is 3.00. The van der Waals surface area contributed by atoms with E-state index in [2.05, 4.69) is 10.3 Å². The predicted octanol–water partition coefficient (Wildman–Crippen LogP) is 1.67. The van der Waals surface area contributed by atoms with Gasteiger partial charge in [-0.15, -0.1) is 0 Å². The molecule has 2 aromatic rings. The molecule has 2 rings (SSSR count). The average Bonchev–Trinajstić information content (AvgIpc) is 2.56. The van der Waals surface area contributed by atoms with E-state index in [1.54, 1.807) is 54.5 Å². The highest BCUT2D eigenvalue weighted by molar-refractivity contribution is 7.87. The van der Waals surface area contributed by atoms with Crippen molar-refractivity contribution < 1.29 is 17.4 Å². The van der Waals surface area contributed by atoms with E-state index >= 15 is 0 Å². The molecule has 134 valence electrons. The van der Waals surface area contributed by atoms with Gasteiger partial charge in [-0.3, -0.25) is 9.69 Å². The molecule has 8 heteroatoms. The normalized spacial score (nSPS) is 11.3. The molecule has 0 radical (unpaired) electrons. The van der Waals surface area contributed by atoms with Crippen LogP contribution in [0.2, 0.25) is 0 Å². The van der Waals surface area contributed by atoms with Crippen LogP contribution in [0.3, 0.4) is 0 Å². The minimum absolute atomic E-state index is 0.0520. The van der Waals surface area contributed by atoms with Gasteiger partial charge in [0.15, 0.2) is 0 Å². The van der Waals surface area contributed by atoms with E-state index in [1.165, 1.54) is 0 Å². The van der Waals surface area contributed by atoms with Crippen molar-refractivity contribution in [3.05, 3.63) is 54.2 Å². The molecule has 0 atom stereocenters. The van der Waals surface area contributed by atoms with Crippen LogP contribution in [0.1, 0.15) is 5.56 Å². The summed E-state index contributed by atoms with van der Waals surface area (Å²) in [4.78, 5) is 17.6. The molecule has 0 unspecified atom stereocenters. The summed E-state index contributed by atoms with van der Waals surface area (Å²) in [7, 11) is -2.05. The molecule has 0 aliphatic heterocycles. The number of rotatable bonds is 8. The first kappa shape index (κ1) is 18.9. The van der Waals surface area contributed by atoms with Gasteiger partial charge in [0.1, 0.15) is 11.6 Å². The lowest BCUT2D eigenvalue weighted by Gasteiger charge is -2.16. The molecule has 0 fully saturated rings. The quantitative estimate of drug-likeness (QED) is 0.718. The van der Waals surface area contributed by atoms with Crippen LogP contribution in [0.4, 0.5) is 5.82 Å². The molecule has 25 heavy (non-hydrogen) atoms. The molecular formula is C17H21N3O4S. The molecule has 1 N–H and O–H groups in total. The van der Waals surface area contributed by atoms with Crippen LogP contribution in [0.25, 0.3) is 0 Å². The highest BCUT2D eigenvalue weighted by atomic mass is 32.2. The number of pyridine rings is 1. The van der Waals surface area contributed by atoms with E-state index in [9.17, 15) is 13.2 Å². The van der Waals surface area contributed by atoms with Crippen molar-refractivity contribution in [3.8, 4) is 5.75 Å². The number of likely N-dealkylation sites (N-methyl/N-ethyl adjacent to an activating group) is 1. The molecular weight excluding hydrogens is 342 g/mol. The number of nitrogens with zero attached hydrogens (tertiary/aromatic N) is 2. The van der Waals surface area contributed by atoms with Crippen molar-refractivity contribution in [3.63, 3.8) is 0 Å². The number of aryl methyl sites for hydroxylation is 1. The maximum absolute atomic E-state index is 12.0. The number of amides is 1. The molecule has 0 saturated carbocycles. The van der Waals surface area contributed by atoms with Crippen LogP contribution in [-0.2, 0) is 14.9 Å². The Hall–Kier alpha value is -2.45. The van der Waals surface area contributed by atoms with Crippen LogP contribution in [0.5, 0.6) is 5.75 Å². The van der Waals surface area contributed by atoms with E-state index in [0.29, 0.717) is 5.82 Å². The number of para-hydroxylation sites is 1. The van der Waals surface area contributed by atoms with Crippen molar-refractivity contribution in [2.75, 3.05) is 31.2 Å². The summed E-state index contributed by atoms with van der Waals surface area (Å²) >= 11 is 0. The highest BCUT2D eigenvalue weighted by Gasteiger charge is 2.15. The Balaban J connectivity index is 1.78. The van der Waals surface area contributed by atoms with Crippen LogP contribution in [0, 0.1) is 6.92 Å². The van der Waals surface area contributed by atoms with Gasteiger partial charge in [-0.2, -0.15) is 8.42 Å². The summed E-state index contributed by atoms with van der Waals surface area (Å²) in [6.07, 6.45) is 1.66. The van der Waals surface area contributed by atoms with Gasteiger partial charge in [0.2, 0.25) is 5.91 Å². The first-order chi connectivity index (χ1) is 11.8. The van der Waals surface area contributed by atoms with E-state index < -0.39 is 10.1 Å². The fraction of sp³-hybridized carbons (Fsp3) is 0.294.